The maximum atomic E-state index is 13.8. The van der Waals surface area contributed by atoms with E-state index in [-0.39, 0.29) is 10.5 Å². The SMILES string of the molecule is CC(=O)OC[C@@H]1O[C@@H](n2nc(/C=C/c3ccccc3)c(=O)n(-c3ccccc3)c2=S)[C@@H](OC(C)=O)[C@@H](OC(C)=O)[C@H]1OC(C)=O. The van der Waals surface area contributed by atoms with Crippen LogP contribution in [-0.2, 0) is 42.9 Å². The molecule has 45 heavy (non-hydrogen) atoms. The Kier molecular flexibility index (Phi) is 10.8. The zero-order valence-corrected chi connectivity index (χ0v) is 25.7. The molecule has 2 aromatic carbocycles. The molecule has 1 fully saturated rings. The van der Waals surface area contributed by atoms with E-state index in [0.29, 0.717) is 5.69 Å². The molecule has 0 N–H and O–H groups in total. The summed E-state index contributed by atoms with van der Waals surface area (Å²) in [6.07, 6.45) is -3.86. The molecule has 14 heteroatoms. The van der Waals surface area contributed by atoms with Crippen LogP contribution in [0, 0.1) is 4.77 Å². The topological polar surface area (TPSA) is 154 Å². The smallest absolute Gasteiger partial charge is 0.303 e. The summed E-state index contributed by atoms with van der Waals surface area (Å²) in [6, 6.07) is 17.7. The molecule has 0 spiro atoms. The van der Waals surface area contributed by atoms with E-state index in [1.54, 1.807) is 36.4 Å². The monoisotopic (exact) mass is 637 g/mol. The van der Waals surface area contributed by atoms with Crippen LogP contribution in [0.2, 0.25) is 0 Å². The summed E-state index contributed by atoms with van der Waals surface area (Å²) in [5.74, 6) is -3.02. The second kappa shape index (κ2) is 14.7. The van der Waals surface area contributed by atoms with Crippen molar-refractivity contribution in [2.45, 2.75) is 58.3 Å². The quantitative estimate of drug-likeness (QED) is 0.192. The Morgan fingerprint density at radius 1 is 0.800 bits per heavy atom. The molecule has 4 rings (SSSR count). The van der Waals surface area contributed by atoms with Gasteiger partial charge in [0.05, 0.1) is 5.69 Å². The highest BCUT2D eigenvalue weighted by atomic mass is 32.1. The van der Waals surface area contributed by atoms with Crippen molar-refractivity contribution in [1.29, 1.82) is 0 Å². The van der Waals surface area contributed by atoms with Gasteiger partial charge in [-0.15, -0.1) is 0 Å². The van der Waals surface area contributed by atoms with E-state index in [9.17, 15) is 24.0 Å². The lowest BCUT2D eigenvalue weighted by molar-refractivity contribution is -0.271. The maximum absolute atomic E-state index is 13.8. The third-order valence-corrected chi connectivity index (χ3v) is 6.85. The molecule has 236 valence electrons. The van der Waals surface area contributed by atoms with Gasteiger partial charge in [0.25, 0.3) is 5.56 Å². The van der Waals surface area contributed by atoms with Gasteiger partial charge >= 0.3 is 23.9 Å². The van der Waals surface area contributed by atoms with Gasteiger partial charge in [0.1, 0.15) is 18.4 Å². The van der Waals surface area contributed by atoms with Crippen LogP contribution >= 0.6 is 12.2 Å². The summed E-state index contributed by atoms with van der Waals surface area (Å²) >= 11 is 5.76. The summed E-state index contributed by atoms with van der Waals surface area (Å²) in [6.45, 7) is 4.09. The second-order valence-corrected chi connectivity index (χ2v) is 10.3. The Bertz CT molecular complexity index is 1700. The molecule has 3 aromatic rings. The first-order valence-corrected chi connectivity index (χ1v) is 14.2. The van der Waals surface area contributed by atoms with Gasteiger partial charge in [-0.3, -0.25) is 28.5 Å². The predicted octanol–water partition coefficient (Wildman–Crippen LogP) is 3.19. The van der Waals surface area contributed by atoms with Gasteiger partial charge < -0.3 is 23.7 Å². The number of esters is 4. The molecule has 0 unspecified atom stereocenters. The molecule has 1 aromatic heterocycles. The van der Waals surface area contributed by atoms with Crippen molar-refractivity contribution in [1.82, 2.24) is 14.3 Å². The highest BCUT2D eigenvalue weighted by Crippen LogP contribution is 2.34. The molecular weight excluding hydrogens is 606 g/mol. The Balaban J connectivity index is 1.97. The maximum Gasteiger partial charge on any atom is 0.303 e. The number of carbonyl (C=O) groups is 4. The van der Waals surface area contributed by atoms with Crippen LogP contribution in [-0.4, -0.2) is 69.2 Å². The molecule has 0 radical (unpaired) electrons. The number of hydrogen-bond acceptors (Lipinski definition) is 12. The molecule has 0 saturated carbocycles. The number of rotatable bonds is 9. The molecule has 0 amide bonds. The first kappa shape index (κ1) is 33.0. The van der Waals surface area contributed by atoms with Gasteiger partial charge in [0, 0.05) is 27.7 Å². The van der Waals surface area contributed by atoms with E-state index in [0.717, 1.165) is 31.0 Å². The number of aromatic nitrogens is 3. The summed E-state index contributed by atoms with van der Waals surface area (Å²) in [4.78, 5) is 62.3. The van der Waals surface area contributed by atoms with E-state index in [4.69, 9.17) is 35.9 Å². The average Bonchev–Trinajstić information content (AvgIpc) is 2.98. The molecule has 2 heterocycles. The van der Waals surface area contributed by atoms with Crippen molar-refractivity contribution in [2.24, 2.45) is 0 Å². The molecule has 0 bridgehead atoms. The Morgan fingerprint density at radius 2 is 1.36 bits per heavy atom. The minimum atomic E-state index is -1.49. The predicted molar refractivity (Wildman–Crippen MR) is 161 cm³/mol. The first-order chi connectivity index (χ1) is 21.5. The van der Waals surface area contributed by atoms with Crippen molar-refractivity contribution >= 4 is 48.2 Å². The van der Waals surface area contributed by atoms with E-state index in [1.165, 1.54) is 17.6 Å². The Morgan fingerprint density at radius 3 is 1.93 bits per heavy atom. The van der Waals surface area contributed by atoms with Gasteiger partial charge in [0.2, 0.25) is 4.77 Å². The van der Waals surface area contributed by atoms with E-state index in [2.05, 4.69) is 5.10 Å². The first-order valence-electron chi connectivity index (χ1n) is 13.8. The van der Waals surface area contributed by atoms with Crippen molar-refractivity contribution in [2.75, 3.05) is 6.61 Å². The molecule has 1 aliphatic rings. The highest BCUT2D eigenvalue weighted by molar-refractivity contribution is 7.71. The van der Waals surface area contributed by atoms with Crippen LogP contribution in [0.15, 0.2) is 65.5 Å². The van der Waals surface area contributed by atoms with Crippen molar-refractivity contribution in [3.8, 4) is 5.69 Å². The molecule has 5 atom stereocenters. The summed E-state index contributed by atoms with van der Waals surface area (Å²) in [5.41, 5.74) is 0.569. The lowest BCUT2D eigenvalue weighted by Crippen LogP contribution is -2.61. The highest BCUT2D eigenvalue weighted by Gasteiger charge is 2.53. The molecule has 13 nitrogen and oxygen atoms in total. The minimum Gasteiger partial charge on any atom is -0.463 e. The van der Waals surface area contributed by atoms with E-state index < -0.39 is 66.7 Å². The Hall–Kier alpha value is -4.95. The van der Waals surface area contributed by atoms with Crippen LogP contribution in [0.4, 0.5) is 0 Å². The average molecular weight is 638 g/mol. The van der Waals surface area contributed by atoms with Crippen molar-refractivity contribution < 1.29 is 42.9 Å². The molecule has 1 saturated heterocycles. The van der Waals surface area contributed by atoms with Gasteiger partial charge in [-0.05, 0) is 36.0 Å². The van der Waals surface area contributed by atoms with Crippen LogP contribution in [0.25, 0.3) is 17.8 Å². The largest absolute Gasteiger partial charge is 0.463 e. The van der Waals surface area contributed by atoms with Crippen molar-refractivity contribution in [3.63, 3.8) is 0 Å². The van der Waals surface area contributed by atoms with E-state index >= 15 is 0 Å². The van der Waals surface area contributed by atoms with E-state index in [1.807, 2.05) is 30.3 Å². The fourth-order valence-electron chi connectivity index (χ4n) is 4.72. The fourth-order valence-corrected chi connectivity index (χ4v) is 5.06. The normalized spacial score (nSPS) is 21.1. The van der Waals surface area contributed by atoms with Crippen LogP contribution in [0.3, 0.4) is 0 Å². The van der Waals surface area contributed by atoms with Gasteiger partial charge in [-0.2, -0.15) is 5.10 Å². The number of hydrogen-bond donors (Lipinski definition) is 0. The lowest BCUT2D eigenvalue weighted by atomic mass is 9.97. The number of nitrogens with zero attached hydrogens (tertiary/aromatic N) is 3. The van der Waals surface area contributed by atoms with Gasteiger partial charge in [-0.25, -0.2) is 4.68 Å². The number of carbonyl (C=O) groups excluding carboxylic acids is 4. The van der Waals surface area contributed by atoms with Crippen molar-refractivity contribution in [3.05, 3.63) is 87.0 Å². The zero-order valence-electron chi connectivity index (χ0n) is 24.9. The fraction of sp³-hybridized carbons (Fsp3) is 0.323. The summed E-state index contributed by atoms with van der Waals surface area (Å²) in [7, 11) is 0. The third-order valence-electron chi connectivity index (χ3n) is 6.48. The number of ether oxygens (including phenoxy) is 5. The van der Waals surface area contributed by atoms with Crippen LogP contribution in [0.1, 0.15) is 45.2 Å². The molecular formula is C31H31N3O10S. The van der Waals surface area contributed by atoms with Crippen LogP contribution in [0.5, 0.6) is 0 Å². The van der Waals surface area contributed by atoms with Gasteiger partial charge in [0.15, 0.2) is 24.5 Å². The molecule has 1 aliphatic heterocycles. The summed E-state index contributed by atoms with van der Waals surface area (Å²) < 4.78 is 30.2. The standard InChI is InChI=1S/C31H31N3O10S/c1-18(35)40-17-25-26(41-19(2)36)27(42-20(3)37)28(43-21(4)38)30(44-25)34-31(45)33(23-13-9-6-10-14-23)29(39)24(32-34)16-15-22-11-7-5-8-12-22/h5-16,25-28,30H,17H2,1-4H3/b16-15+/t25-,26-,27-,28-,30+/m0/s1. The minimum absolute atomic E-state index is 0.0656. The summed E-state index contributed by atoms with van der Waals surface area (Å²) in [5, 5.41) is 4.50. The zero-order chi connectivity index (χ0) is 32.7. The number of para-hydroxylation sites is 1. The lowest BCUT2D eigenvalue weighted by Gasteiger charge is -2.44. The van der Waals surface area contributed by atoms with Crippen LogP contribution < -0.4 is 5.56 Å². The second-order valence-electron chi connectivity index (χ2n) is 9.92. The third kappa shape index (κ3) is 8.16. The Labute approximate surface area is 262 Å². The van der Waals surface area contributed by atoms with Gasteiger partial charge in [-0.1, -0.05) is 54.6 Å². The number of benzene rings is 2. The molecule has 0 aliphatic carbocycles.